The van der Waals surface area contributed by atoms with E-state index in [9.17, 15) is 9.59 Å². The molecule has 0 bridgehead atoms. The molecular formula is C9H12INO4. The first kappa shape index (κ1) is 14.0. The fraction of sp³-hybridized carbons (Fsp3) is 0.556. The van der Waals surface area contributed by atoms with Gasteiger partial charge in [-0.2, -0.15) is 0 Å². The van der Waals surface area contributed by atoms with Crippen molar-refractivity contribution in [2.24, 2.45) is 0 Å². The van der Waals surface area contributed by atoms with Gasteiger partial charge in [-0.15, -0.1) is 6.42 Å². The van der Waals surface area contributed by atoms with Gasteiger partial charge in [0.05, 0.1) is 6.61 Å². The van der Waals surface area contributed by atoms with Crippen LogP contribution < -0.4 is 5.32 Å². The molecule has 15 heavy (non-hydrogen) atoms. The van der Waals surface area contributed by atoms with Crippen LogP contribution >= 0.6 is 22.6 Å². The summed E-state index contributed by atoms with van der Waals surface area (Å²) in [5.74, 6) is 1.70. The molecule has 84 valence electrons. The third kappa shape index (κ3) is 6.17. The number of hydrogen-bond donors (Lipinski definition) is 1. The maximum Gasteiger partial charge on any atom is 0.409 e. The second-order valence-corrected chi connectivity index (χ2v) is 3.64. The van der Waals surface area contributed by atoms with Gasteiger partial charge >= 0.3 is 12.1 Å². The molecule has 0 aliphatic rings. The lowest BCUT2D eigenvalue weighted by Crippen LogP contribution is -2.40. The van der Waals surface area contributed by atoms with E-state index in [4.69, 9.17) is 11.2 Å². The van der Waals surface area contributed by atoms with Crippen molar-refractivity contribution in [3.05, 3.63) is 0 Å². The molecule has 0 fully saturated rings. The van der Waals surface area contributed by atoms with Crippen molar-refractivity contribution in [2.75, 3.05) is 6.61 Å². The van der Waals surface area contributed by atoms with Crippen LogP contribution in [0.25, 0.3) is 0 Å². The number of carbonyl (C=O) groups is 2. The molecule has 0 spiro atoms. The first-order chi connectivity index (χ1) is 7.01. The largest absolute Gasteiger partial charge is 0.464 e. The number of carbonyl (C=O) groups excluding carboxylic acids is 2. The SMILES string of the molecule is C#CC(I)OC(=O)N[C@@H](C)C(=O)OCC. The van der Waals surface area contributed by atoms with Gasteiger partial charge in [0, 0.05) is 0 Å². The lowest BCUT2D eigenvalue weighted by atomic mass is 10.3. The van der Waals surface area contributed by atoms with Crippen molar-refractivity contribution < 1.29 is 19.1 Å². The van der Waals surface area contributed by atoms with Crippen LogP contribution in [-0.2, 0) is 14.3 Å². The van der Waals surface area contributed by atoms with Gasteiger partial charge in [-0.1, -0.05) is 5.92 Å². The Bertz CT molecular complexity index is 274. The molecule has 0 aliphatic carbocycles. The van der Waals surface area contributed by atoms with E-state index in [0.29, 0.717) is 0 Å². The van der Waals surface area contributed by atoms with E-state index in [-0.39, 0.29) is 6.61 Å². The van der Waals surface area contributed by atoms with Gasteiger partial charge in [0.1, 0.15) is 6.04 Å². The number of ether oxygens (including phenoxy) is 2. The highest BCUT2D eigenvalue weighted by molar-refractivity contribution is 14.1. The van der Waals surface area contributed by atoms with E-state index < -0.39 is 22.2 Å². The number of alkyl halides is 1. The van der Waals surface area contributed by atoms with E-state index in [1.165, 1.54) is 6.92 Å². The Morgan fingerprint density at radius 1 is 1.60 bits per heavy atom. The lowest BCUT2D eigenvalue weighted by molar-refractivity contribution is -0.145. The fourth-order valence-electron chi connectivity index (χ4n) is 0.665. The van der Waals surface area contributed by atoms with Crippen LogP contribution in [0.5, 0.6) is 0 Å². The second kappa shape index (κ2) is 7.34. The fourth-order valence-corrected chi connectivity index (χ4v) is 0.896. The van der Waals surface area contributed by atoms with E-state index >= 15 is 0 Å². The van der Waals surface area contributed by atoms with Gasteiger partial charge in [0.25, 0.3) is 0 Å². The lowest BCUT2D eigenvalue weighted by Gasteiger charge is -2.13. The maximum absolute atomic E-state index is 11.1. The van der Waals surface area contributed by atoms with Crippen LogP contribution in [0.15, 0.2) is 0 Å². The van der Waals surface area contributed by atoms with Crippen molar-refractivity contribution in [3.8, 4) is 12.3 Å². The molecular weight excluding hydrogens is 313 g/mol. The average molecular weight is 325 g/mol. The maximum atomic E-state index is 11.1. The summed E-state index contributed by atoms with van der Waals surface area (Å²) in [7, 11) is 0. The summed E-state index contributed by atoms with van der Waals surface area (Å²) in [6.07, 6.45) is 4.26. The summed E-state index contributed by atoms with van der Waals surface area (Å²) >= 11 is 1.77. The monoisotopic (exact) mass is 325 g/mol. The average Bonchev–Trinajstić information content (AvgIpc) is 2.17. The summed E-state index contributed by atoms with van der Waals surface area (Å²) in [6.45, 7) is 3.44. The molecule has 0 aromatic heterocycles. The number of terminal acetylenes is 1. The zero-order valence-electron chi connectivity index (χ0n) is 8.45. The van der Waals surface area contributed by atoms with Gasteiger partial charge in [-0.05, 0) is 36.4 Å². The number of hydrogen-bond acceptors (Lipinski definition) is 4. The summed E-state index contributed by atoms with van der Waals surface area (Å²) in [4.78, 5) is 22.2. The molecule has 6 heteroatoms. The number of alkyl carbamates (subject to hydrolysis) is 1. The minimum absolute atomic E-state index is 0.263. The first-order valence-corrected chi connectivity index (χ1v) is 5.49. The minimum Gasteiger partial charge on any atom is -0.464 e. The smallest absolute Gasteiger partial charge is 0.409 e. The van der Waals surface area contributed by atoms with E-state index in [0.717, 1.165) is 0 Å². The number of nitrogens with one attached hydrogen (secondary N) is 1. The van der Waals surface area contributed by atoms with Crippen LogP contribution in [0.4, 0.5) is 4.79 Å². The van der Waals surface area contributed by atoms with Crippen molar-refractivity contribution in [2.45, 2.75) is 24.0 Å². The second-order valence-electron chi connectivity index (χ2n) is 2.51. The molecule has 0 heterocycles. The quantitative estimate of drug-likeness (QED) is 0.363. The van der Waals surface area contributed by atoms with Gasteiger partial charge in [0.15, 0.2) is 0 Å². The Hall–Kier alpha value is -0.970. The van der Waals surface area contributed by atoms with Gasteiger partial charge < -0.3 is 14.8 Å². The molecule has 0 saturated heterocycles. The van der Waals surface area contributed by atoms with Crippen LogP contribution in [0.3, 0.4) is 0 Å². The van der Waals surface area contributed by atoms with Crippen molar-refractivity contribution >= 4 is 34.7 Å². The molecule has 0 aromatic carbocycles. The highest BCUT2D eigenvalue weighted by Gasteiger charge is 2.18. The van der Waals surface area contributed by atoms with Crippen molar-refractivity contribution in [3.63, 3.8) is 0 Å². The Kier molecular flexibility index (Phi) is 6.86. The standard InChI is InChI=1S/C9H12INO4/c1-4-7(10)15-9(13)11-6(3)8(12)14-5-2/h1,6-7H,5H2,2-3H3,(H,11,13)/t6-,7?/m0/s1. The Morgan fingerprint density at radius 3 is 2.67 bits per heavy atom. The van der Waals surface area contributed by atoms with E-state index in [1.54, 1.807) is 29.5 Å². The van der Waals surface area contributed by atoms with Gasteiger partial charge in [-0.3, -0.25) is 0 Å². The molecule has 1 unspecified atom stereocenters. The van der Waals surface area contributed by atoms with E-state index in [1.807, 2.05) is 0 Å². The van der Waals surface area contributed by atoms with E-state index in [2.05, 4.69) is 16.0 Å². The third-order valence-electron chi connectivity index (χ3n) is 1.32. The third-order valence-corrected chi connectivity index (χ3v) is 1.93. The molecule has 0 saturated carbocycles. The predicted molar refractivity (Wildman–Crippen MR) is 62.4 cm³/mol. The molecule has 1 N–H and O–H groups in total. The highest BCUT2D eigenvalue weighted by atomic mass is 127. The molecule has 1 amide bonds. The molecule has 5 nitrogen and oxygen atoms in total. The predicted octanol–water partition coefficient (Wildman–Crippen LogP) is 1.06. The van der Waals surface area contributed by atoms with Crippen molar-refractivity contribution in [1.82, 2.24) is 5.32 Å². The summed E-state index contributed by atoms with van der Waals surface area (Å²) in [5.41, 5.74) is 0. The Labute approximate surface area is 102 Å². The van der Waals surface area contributed by atoms with Crippen LogP contribution in [0.1, 0.15) is 13.8 Å². The zero-order chi connectivity index (χ0) is 11.8. The Morgan fingerprint density at radius 2 is 2.20 bits per heavy atom. The van der Waals surface area contributed by atoms with Crippen LogP contribution in [-0.4, -0.2) is 28.8 Å². The number of halogens is 1. The highest BCUT2D eigenvalue weighted by Crippen LogP contribution is 2.01. The molecule has 2 atom stereocenters. The summed E-state index contributed by atoms with van der Waals surface area (Å²) in [6, 6.07) is -0.751. The van der Waals surface area contributed by atoms with Crippen molar-refractivity contribution in [1.29, 1.82) is 0 Å². The van der Waals surface area contributed by atoms with Crippen LogP contribution in [0, 0.1) is 12.3 Å². The normalized spacial score (nSPS) is 13.2. The Balaban J connectivity index is 3.97. The summed E-state index contributed by atoms with van der Waals surface area (Å²) < 4.78 is 8.72. The zero-order valence-corrected chi connectivity index (χ0v) is 10.6. The van der Waals surface area contributed by atoms with Crippen LogP contribution in [0.2, 0.25) is 0 Å². The number of amides is 1. The minimum atomic E-state index is -0.751. The number of esters is 1. The number of rotatable bonds is 4. The van der Waals surface area contributed by atoms with Gasteiger partial charge in [0.2, 0.25) is 4.11 Å². The topological polar surface area (TPSA) is 64.6 Å². The molecule has 0 radical (unpaired) electrons. The first-order valence-electron chi connectivity index (χ1n) is 4.25. The molecule has 0 aliphatic heterocycles. The summed E-state index contributed by atoms with van der Waals surface area (Å²) in [5, 5.41) is 2.29. The molecule has 0 aromatic rings. The molecule has 0 rings (SSSR count). The van der Waals surface area contributed by atoms with Gasteiger partial charge in [-0.25, -0.2) is 9.59 Å².